The van der Waals surface area contributed by atoms with Crippen molar-refractivity contribution in [3.63, 3.8) is 0 Å². The van der Waals surface area contributed by atoms with Crippen molar-refractivity contribution in [3.8, 4) is 16.2 Å². The van der Waals surface area contributed by atoms with Gasteiger partial charge in [-0.05, 0) is 37.1 Å². The van der Waals surface area contributed by atoms with Crippen molar-refractivity contribution in [3.05, 3.63) is 57.2 Å². The Morgan fingerprint density at radius 1 is 1.27 bits per heavy atom. The van der Waals surface area contributed by atoms with Crippen LogP contribution in [0.2, 0.25) is 0 Å². The van der Waals surface area contributed by atoms with Crippen LogP contribution in [0.5, 0.6) is 5.75 Å². The highest BCUT2D eigenvalue weighted by Gasteiger charge is 2.23. The van der Waals surface area contributed by atoms with Crippen LogP contribution in [0.4, 0.5) is 14.5 Å². The Morgan fingerprint density at radius 2 is 2.00 bits per heavy atom. The second kappa shape index (κ2) is 8.91. The van der Waals surface area contributed by atoms with Crippen molar-refractivity contribution in [2.24, 2.45) is 0 Å². The first-order valence-electron chi connectivity index (χ1n) is 8.82. The maximum Gasteiger partial charge on any atom is 0.339 e. The lowest BCUT2D eigenvalue weighted by molar-refractivity contribution is 0.0699. The van der Waals surface area contributed by atoms with Gasteiger partial charge in [-0.25, -0.2) is 13.6 Å². The first-order chi connectivity index (χ1) is 14.4. The fraction of sp³-hybridized carbons (Fsp3) is 0.143. The number of hydrogen-bond acceptors (Lipinski definition) is 6. The van der Waals surface area contributed by atoms with Gasteiger partial charge in [-0.2, -0.15) is 0 Å². The predicted molar refractivity (Wildman–Crippen MR) is 109 cm³/mol. The van der Waals surface area contributed by atoms with E-state index >= 15 is 0 Å². The van der Waals surface area contributed by atoms with Crippen LogP contribution in [0.15, 0.2) is 28.0 Å². The van der Waals surface area contributed by atoms with Gasteiger partial charge in [0.2, 0.25) is 0 Å². The molecular formula is C21H17F2NO5S. The number of nitrogens with one attached hydrogen (secondary N) is 1. The molecule has 156 valence electrons. The van der Waals surface area contributed by atoms with Crippen LogP contribution < -0.4 is 16.0 Å². The van der Waals surface area contributed by atoms with Crippen molar-refractivity contribution in [2.75, 3.05) is 12.4 Å². The minimum Gasteiger partial charge on any atom is -0.503 e. The van der Waals surface area contributed by atoms with E-state index in [1.54, 1.807) is 6.07 Å². The normalized spacial score (nSPS) is 12.0. The molecule has 3 aromatic rings. The third-order valence-electron chi connectivity index (χ3n) is 4.37. The average molecular weight is 433 g/mol. The zero-order valence-electron chi connectivity index (χ0n) is 15.7. The van der Waals surface area contributed by atoms with Crippen molar-refractivity contribution in [2.45, 2.75) is 12.8 Å². The van der Waals surface area contributed by atoms with Crippen LogP contribution in [0.25, 0.3) is 22.6 Å². The van der Waals surface area contributed by atoms with Gasteiger partial charge in [-0.15, -0.1) is 11.3 Å². The molecule has 4 rings (SSSR count). The van der Waals surface area contributed by atoms with Crippen LogP contribution in [0.1, 0.15) is 33.8 Å². The highest BCUT2D eigenvalue weighted by atomic mass is 32.1. The van der Waals surface area contributed by atoms with Gasteiger partial charge in [0.15, 0.2) is 29.4 Å². The third-order valence-corrected chi connectivity index (χ3v) is 5.39. The Morgan fingerprint density at radius 3 is 2.63 bits per heavy atom. The monoisotopic (exact) mass is 433 g/mol. The fourth-order valence-corrected chi connectivity index (χ4v) is 4.01. The summed E-state index contributed by atoms with van der Waals surface area (Å²) in [6.45, 7) is 0. The van der Waals surface area contributed by atoms with Crippen molar-refractivity contribution in [1.29, 1.82) is 0 Å². The zero-order valence-corrected chi connectivity index (χ0v) is 16.6. The summed E-state index contributed by atoms with van der Waals surface area (Å²) in [5, 5.41) is 23.6. The Labute approximate surface area is 173 Å². The maximum atomic E-state index is 13.8. The molecule has 0 atom stereocenters. The van der Waals surface area contributed by atoms with Crippen LogP contribution in [0.3, 0.4) is 0 Å². The molecule has 0 saturated heterocycles. The van der Waals surface area contributed by atoms with Gasteiger partial charge in [-0.1, -0.05) is 6.08 Å². The molecule has 3 N–H and O–H groups in total. The lowest BCUT2D eigenvalue weighted by atomic mass is 10.1. The summed E-state index contributed by atoms with van der Waals surface area (Å²) in [7, 11) is 1.54. The number of aromatic hydroxyl groups is 1. The SMILES string of the molecule is CNc1csc(-c2ccc(F)c(O)c2F)c1C(=O)O.O=Cc1cc2c(o1)=CCCC=2. The molecule has 0 saturated carbocycles. The van der Waals surface area contributed by atoms with Crippen molar-refractivity contribution in [1.82, 2.24) is 0 Å². The highest BCUT2D eigenvalue weighted by Crippen LogP contribution is 2.39. The van der Waals surface area contributed by atoms with Gasteiger partial charge >= 0.3 is 5.97 Å². The molecule has 9 heteroatoms. The number of carbonyl (C=O) groups is 2. The van der Waals surface area contributed by atoms with E-state index in [0.29, 0.717) is 11.4 Å². The standard InChI is InChI=1S/C12H9F2NO3S.C9H8O2/c1-15-7-4-19-11(8(7)12(17)18)5-2-3-6(13)10(16)9(5)14;10-6-8-5-7-3-1-2-4-9(7)11-8/h2-4,15-16H,1H3,(H,17,18);3-6H,1-2H2. The van der Waals surface area contributed by atoms with E-state index < -0.39 is 23.4 Å². The number of fused-ring (bicyclic) bond motifs is 1. The molecule has 6 nitrogen and oxygen atoms in total. The third kappa shape index (κ3) is 4.11. The molecule has 2 aromatic heterocycles. The first-order valence-corrected chi connectivity index (χ1v) is 9.70. The number of aldehydes is 1. The molecule has 0 unspecified atom stereocenters. The summed E-state index contributed by atoms with van der Waals surface area (Å²) in [5.41, 5.74) is 0.911. The number of furan rings is 1. The second-order valence-corrected chi connectivity index (χ2v) is 7.12. The Bertz CT molecular complexity index is 1200. The van der Waals surface area contributed by atoms with E-state index in [1.807, 2.05) is 6.08 Å². The summed E-state index contributed by atoms with van der Waals surface area (Å²) < 4.78 is 32.0. The van der Waals surface area contributed by atoms with Crippen LogP contribution in [0, 0.1) is 11.6 Å². The largest absolute Gasteiger partial charge is 0.503 e. The van der Waals surface area contributed by atoms with E-state index in [9.17, 15) is 23.5 Å². The van der Waals surface area contributed by atoms with E-state index in [-0.39, 0.29) is 16.0 Å². The number of rotatable bonds is 4. The zero-order chi connectivity index (χ0) is 21.8. The summed E-state index contributed by atoms with van der Waals surface area (Å²) >= 11 is 0.994. The van der Waals surface area contributed by atoms with Gasteiger partial charge in [0.05, 0.1) is 10.6 Å². The molecule has 0 fully saturated rings. The topological polar surface area (TPSA) is 99.8 Å². The minimum atomic E-state index is -1.23. The first kappa shape index (κ1) is 21.3. The summed E-state index contributed by atoms with van der Waals surface area (Å²) in [6.07, 6.45) is 6.90. The lowest BCUT2D eigenvalue weighted by Gasteiger charge is -2.06. The molecular weight excluding hydrogens is 416 g/mol. The van der Waals surface area contributed by atoms with Gasteiger partial charge < -0.3 is 19.9 Å². The van der Waals surface area contributed by atoms with Crippen LogP contribution in [-0.2, 0) is 0 Å². The number of phenolic OH excluding ortho intramolecular Hbond substituents is 1. The molecule has 30 heavy (non-hydrogen) atoms. The molecule has 0 spiro atoms. The molecule has 0 bridgehead atoms. The molecule has 0 amide bonds. The molecule has 1 aliphatic rings. The Balaban J connectivity index is 0.000000196. The fourth-order valence-electron chi connectivity index (χ4n) is 2.94. The maximum absolute atomic E-state index is 13.8. The van der Waals surface area contributed by atoms with E-state index in [2.05, 4.69) is 11.4 Å². The predicted octanol–water partition coefficient (Wildman–Crippen LogP) is 3.59. The van der Waals surface area contributed by atoms with E-state index in [1.165, 1.54) is 12.4 Å². The second-order valence-electron chi connectivity index (χ2n) is 6.24. The number of carboxylic acids is 1. The molecule has 0 radical (unpaired) electrons. The summed E-state index contributed by atoms with van der Waals surface area (Å²) in [6, 6.07) is 3.76. The van der Waals surface area contributed by atoms with E-state index in [4.69, 9.17) is 9.52 Å². The number of aromatic carboxylic acids is 1. The molecule has 2 heterocycles. The van der Waals surface area contributed by atoms with Crippen LogP contribution in [-0.4, -0.2) is 29.5 Å². The number of halogens is 2. The Hall–Kier alpha value is -3.46. The lowest BCUT2D eigenvalue weighted by Crippen LogP contribution is -2.21. The average Bonchev–Trinajstić information content (AvgIpc) is 3.36. The number of phenols is 1. The number of hydrogen-bond donors (Lipinski definition) is 3. The van der Waals surface area contributed by atoms with E-state index in [0.717, 1.165) is 53.2 Å². The number of benzene rings is 1. The molecule has 1 aliphatic carbocycles. The van der Waals surface area contributed by atoms with Gasteiger partial charge in [0.25, 0.3) is 0 Å². The summed E-state index contributed by atoms with van der Waals surface area (Å²) in [4.78, 5) is 21.6. The summed E-state index contributed by atoms with van der Waals surface area (Å²) in [5.74, 6) is -4.20. The quantitative estimate of drug-likeness (QED) is 0.544. The number of carbonyl (C=O) groups excluding carboxylic acids is 1. The molecule has 0 aliphatic heterocycles. The smallest absolute Gasteiger partial charge is 0.339 e. The van der Waals surface area contributed by atoms with Gasteiger partial charge in [0, 0.05) is 23.2 Å². The number of anilines is 1. The van der Waals surface area contributed by atoms with Crippen LogP contribution >= 0.6 is 11.3 Å². The number of thiophene rings is 1. The minimum absolute atomic E-state index is 0.114. The molecule has 1 aromatic carbocycles. The Kier molecular flexibility index (Phi) is 6.31. The van der Waals surface area contributed by atoms with Crippen molar-refractivity contribution >= 4 is 41.4 Å². The van der Waals surface area contributed by atoms with Crippen molar-refractivity contribution < 1.29 is 33.0 Å². The van der Waals surface area contributed by atoms with Gasteiger partial charge in [-0.3, -0.25) is 4.79 Å². The highest BCUT2D eigenvalue weighted by molar-refractivity contribution is 7.14. The van der Waals surface area contributed by atoms with Gasteiger partial charge in [0.1, 0.15) is 11.0 Å². The number of carboxylic acid groups (broad SMARTS) is 1.